The number of phenolic OH excluding ortho intramolecular Hbond substituents is 1. The maximum absolute atomic E-state index is 13.1. The van der Waals surface area contributed by atoms with E-state index in [1.165, 1.54) is 12.3 Å². The van der Waals surface area contributed by atoms with Gasteiger partial charge < -0.3 is 15.2 Å². The molecule has 0 aliphatic rings. The number of hydrogen-bond donors (Lipinski definition) is 3. The third-order valence-corrected chi connectivity index (χ3v) is 6.33. The Hall–Kier alpha value is -4.07. The summed E-state index contributed by atoms with van der Waals surface area (Å²) in [6.07, 6.45) is 0.656. The zero-order valence-electron chi connectivity index (χ0n) is 20.4. The van der Waals surface area contributed by atoms with Crippen LogP contribution in [-0.2, 0) is 16.0 Å². The number of hydrazone groups is 1. The minimum Gasteiger partial charge on any atom is -0.507 e. The lowest BCUT2D eigenvalue weighted by Crippen LogP contribution is -2.50. The van der Waals surface area contributed by atoms with Crippen LogP contribution in [0.2, 0.25) is 10.0 Å². The predicted molar refractivity (Wildman–Crippen MR) is 150 cm³/mol. The van der Waals surface area contributed by atoms with Crippen LogP contribution in [0.15, 0.2) is 90.0 Å². The Bertz CT molecular complexity index is 1480. The molecule has 0 bridgehead atoms. The van der Waals surface area contributed by atoms with Crippen LogP contribution in [0.1, 0.15) is 18.1 Å². The molecule has 7 nitrogen and oxygen atoms in total. The van der Waals surface area contributed by atoms with Gasteiger partial charge in [0.15, 0.2) is 6.10 Å². The molecular weight excluding hydrogens is 525 g/mol. The summed E-state index contributed by atoms with van der Waals surface area (Å²) in [6.45, 7) is 1.55. The Balaban J connectivity index is 1.48. The van der Waals surface area contributed by atoms with Crippen LogP contribution in [0, 0.1) is 0 Å². The molecule has 0 radical (unpaired) electrons. The highest BCUT2D eigenvalue weighted by Crippen LogP contribution is 2.28. The van der Waals surface area contributed by atoms with Crippen molar-refractivity contribution >= 4 is 52.0 Å². The van der Waals surface area contributed by atoms with E-state index in [0.29, 0.717) is 16.3 Å². The number of amides is 2. The van der Waals surface area contributed by atoms with Gasteiger partial charge >= 0.3 is 0 Å². The van der Waals surface area contributed by atoms with Gasteiger partial charge in [-0.05, 0) is 47.5 Å². The molecule has 2 amide bonds. The van der Waals surface area contributed by atoms with Crippen molar-refractivity contribution in [3.8, 4) is 11.5 Å². The average molecular weight is 550 g/mol. The Kier molecular flexibility index (Phi) is 8.84. The van der Waals surface area contributed by atoms with E-state index in [4.69, 9.17) is 27.9 Å². The molecule has 0 heterocycles. The topological polar surface area (TPSA) is 100 Å². The lowest BCUT2D eigenvalue weighted by molar-refractivity contribution is -0.132. The summed E-state index contributed by atoms with van der Waals surface area (Å²) in [7, 11) is 0. The fraction of sp³-hybridized carbons (Fsp3) is 0.138. The summed E-state index contributed by atoms with van der Waals surface area (Å²) in [4.78, 5) is 26.1. The van der Waals surface area contributed by atoms with Crippen molar-refractivity contribution in [2.24, 2.45) is 5.10 Å². The second kappa shape index (κ2) is 12.4. The van der Waals surface area contributed by atoms with Crippen molar-refractivity contribution in [2.75, 3.05) is 0 Å². The SMILES string of the molecule is C[C@@H](Oc1ccc(Cl)cc1Cl)C(=O)N[C@H](Cc1ccccc1)C(=O)N/N=C\c1c(O)ccc2ccccc12. The smallest absolute Gasteiger partial charge is 0.262 e. The number of carbonyl (C=O) groups excluding carboxylic acids is 2. The minimum absolute atomic E-state index is 0.0303. The molecule has 4 rings (SSSR count). The van der Waals surface area contributed by atoms with Gasteiger partial charge in [-0.3, -0.25) is 9.59 Å². The fourth-order valence-corrected chi connectivity index (χ4v) is 4.27. The predicted octanol–water partition coefficient (Wildman–Crippen LogP) is 5.50. The van der Waals surface area contributed by atoms with Gasteiger partial charge in [0.2, 0.25) is 0 Å². The lowest BCUT2D eigenvalue weighted by Gasteiger charge is -2.21. The normalized spacial score (nSPS) is 12.7. The first-order valence-corrected chi connectivity index (χ1v) is 12.6. The number of carbonyl (C=O) groups is 2. The lowest BCUT2D eigenvalue weighted by atomic mass is 10.0. The van der Waals surface area contributed by atoms with Gasteiger partial charge in [-0.15, -0.1) is 0 Å². The summed E-state index contributed by atoms with van der Waals surface area (Å²) in [5.41, 5.74) is 3.79. The molecule has 0 fully saturated rings. The molecule has 4 aromatic rings. The molecule has 38 heavy (non-hydrogen) atoms. The zero-order chi connectivity index (χ0) is 27.1. The second-order valence-electron chi connectivity index (χ2n) is 8.54. The van der Waals surface area contributed by atoms with Gasteiger partial charge in [0.25, 0.3) is 11.8 Å². The zero-order valence-corrected chi connectivity index (χ0v) is 21.9. The Morgan fingerprint density at radius 3 is 2.47 bits per heavy atom. The van der Waals surface area contributed by atoms with Gasteiger partial charge in [0.05, 0.1) is 11.2 Å². The van der Waals surface area contributed by atoms with Gasteiger partial charge in [0.1, 0.15) is 17.5 Å². The molecule has 0 unspecified atom stereocenters. The number of rotatable bonds is 9. The molecule has 0 saturated heterocycles. The van der Waals surface area contributed by atoms with Crippen molar-refractivity contribution in [1.29, 1.82) is 0 Å². The molecule has 4 aromatic carbocycles. The summed E-state index contributed by atoms with van der Waals surface area (Å²) < 4.78 is 5.69. The first kappa shape index (κ1) is 27.0. The van der Waals surface area contributed by atoms with Gasteiger partial charge in [0, 0.05) is 17.0 Å². The van der Waals surface area contributed by atoms with Crippen molar-refractivity contribution in [3.63, 3.8) is 0 Å². The molecule has 9 heteroatoms. The Morgan fingerprint density at radius 2 is 1.71 bits per heavy atom. The maximum Gasteiger partial charge on any atom is 0.262 e. The molecule has 0 aliphatic carbocycles. The van der Waals surface area contributed by atoms with E-state index in [-0.39, 0.29) is 17.2 Å². The maximum atomic E-state index is 13.1. The van der Waals surface area contributed by atoms with Crippen LogP contribution >= 0.6 is 23.2 Å². The van der Waals surface area contributed by atoms with Crippen LogP contribution in [0.25, 0.3) is 10.8 Å². The molecular formula is C29H25Cl2N3O4. The Morgan fingerprint density at radius 1 is 0.974 bits per heavy atom. The number of ether oxygens (including phenoxy) is 1. The van der Waals surface area contributed by atoms with Gasteiger partial charge in [-0.1, -0.05) is 83.9 Å². The van der Waals surface area contributed by atoms with E-state index in [1.54, 1.807) is 31.2 Å². The Labute approximate surface area is 230 Å². The average Bonchev–Trinajstić information content (AvgIpc) is 2.91. The van der Waals surface area contributed by atoms with Crippen molar-refractivity contribution in [3.05, 3.63) is 106 Å². The van der Waals surface area contributed by atoms with Crippen molar-refractivity contribution in [2.45, 2.75) is 25.5 Å². The first-order valence-electron chi connectivity index (χ1n) is 11.8. The third kappa shape index (κ3) is 6.82. The van der Waals surface area contributed by atoms with E-state index in [0.717, 1.165) is 16.3 Å². The first-order chi connectivity index (χ1) is 18.3. The van der Waals surface area contributed by atoms with E-state index in [2.05, 4.69) is 15.8 Å². The van der Waals surface area contributed by atoms with Crippen molar-refractivity contribution in [1.82, 2.24) is 10.7 Å². The standard InChI is InChI=1S/C29H25Cl2N3O4/c1-18(38-27-14-12-21(30)16-24(27)31)28(36)33-25(15-19-7-3-2-4-8-19)29(37)34-32-17-23-22-10-6-5-9-20(22)11-13-26(23)35/h2-14,16-18,25,35H,15H2,1H3,(H,33,36)(H,34,37)/b32-17-/t18-,25-/m1/s1. The third-order valence-electron chi connectivity index (χ3n) is 5.80. The minimum atomic E-state index is -0.949. The van der Waals surface area contributed by atoms with Gasteiger partial charge in [-0.25, -0.2) is 5.43 Å². The van der Waals surface area contributed by atoms with E-state index in [9.17, 15) is 14.7 Å². The van der Waals surface area contributed by atoms with Crippen LogP contribution in [0.4, 0.5) is 0 Å². The quantitative estimate of drug-likeness (QED) is 0.189. The highest BCUT2D eigenvalue weighted by Gasteiger charge is 2.25. The monoisotopic (exact) mass is 549 g/mol. The van der Waals surface area contributed by atoms with Crippen LogP contribution < -0.4 is 15.5 Å². The van der Waals surface area contributed by atoms with E-state index >= 15 is 0 Å². The summed E-state index contributed by atoms with van der Waals surface area (Å²) in [5, 5.41) is 19.5. The number of benzene rings is 4. The largest absolute Gasteiger partial charge is 0.507 e. The fourth-order valence-electron chi connectivity index (χ4n) is 3.82. The van der Waals surface area contributed by atoms with E-state index < -0.39 is 24.0 Å². The summed E-state index contributed by atoms with van der Waals surface area (Å²) in [6, 6.07) is 23.9. The number of nitrogens with one attached hydrogen (secondary N) is 2. The van der Waals surface area contributed by atoms with Crippen molar-refractivity contribution < 1.29 is 19.4 Å². The number of nitrogens with zero attached hydrogens (tertiary/aromatic N) is 1. The second-order valence-corrected chi connectivity index (χ2v) is 9.38. The van der Waals surface area contributed by atoms with Gasteiger partial charge in [-0.2, -0.15) is 5.10 Å². The highest BCUT2D eigenvalue weighted by molar-refractivity contribution is 6.35. The highest BCUT2D eigenvalue weighted by atomic mass is 35.5. The molecule has 0 aromatic heterocycles. The summed E-state index contributed by atoms with van der Waals surface area (Å²) >= 11 is 12.1. The molecule has 0 spiro atoms. The number of fused-ring (bicyclic) bond motifs is 1. The number of hydrogen-bond acceptors (Lipinski definition) is 5. The van der Waals surface area contributed by atoms with Crippen LogP contribution in [0.5, 0.6) is 11.5 Å². The molecule has 0 aliphatic heterocycles. The number of halogens is 2. The molecule has 194 valence electrons. The molecule has 3 N–H and O–H groups in total. The molecule has 0 saturated carbocycles. The van der Waals surface area contributed by atoms with E-state index in [1.807, 2.05) is 54.6 Å². The van der Waals surface area contributed by atoms with Crippen LogP contribution in [0.3, 0.4) is 0 Å². The van der Waals surface area contributed by atoms with Crippen LogP contribution in [-0.4, -0.2) is 35.3 Å². The number of phenols is 1. The summed E-state index contributed by atoms with van der Waals surface area (Å²) in [5.74, 6) is -0.720. The number of aromatic hydroxyl groups is 1. The molecule has 2 atom stereocenters.